The largest absolute Gasteiger partial charge is 0.281 e. The van der Waals surface area contributed by atoms with E-state index in [-0.39, 0.29) is 11.4 Å². The molecule has 0 N–H and O–H groups in total. The van der Waals surface area contributed by atoms with Crippen LogP contribution in [0.3, 0.4) is 0 Å². The summed E-state index contributed by atoms with van der Waals surface area (Å²) in [6.07, 6.45) is 6.20. The normalized spacial score (nSPS) is 10.6. The summed E-state index contributed by atoms with van der Waals surface area (Å²) < 4.78 is 14.7. The maximum atomic E-state index is 13.1. The number of fused-ring (bicyclic) bond motifs is 1. The van der Waals surface area contributed by atoms with Crippen LogP contribution in [0.5, 0.6) is 0 Å². The Bertz CT molecular complexity index is 946. The highest BCUT2D eigenvalue weighted by molar-refractivity contribution is 5.88. The van der Waals surface area contributed by atoms with Crippen LogP contribution >= 0.6 is 0 Å². The van der Waals surface area contributed by atoms with E-state index in [0.29, 0.717) is 23.1 Å². The lowest BCUT2D eigenvalue weighted by Gasteiger charge is -2.14. The van der Waals surface area contributed by atoms with Gasteiger partial charge in [0.15, 0.2) is 0 Å². The monoisotopic (exact) mass is 291 g/mol. The average Bonchev–Trinajstić information content (AvgIpc) is 2.55. The highest BCUT2D eigenvalue weighted by Gasteiger charge is 2.12. The van der Waals surface area contributed by atoms with Gasteiger partial charge in [-0.05, 0) is 48.2 Å². The van der Waals surface area contributed by atoms with E-state index in [9.17, 15) is 9.18 Å². The Hall–Kier alpha value is -2.86. The molecular weight excluding hydrogens is 277 g/mol. The Morgan fingerprint density at radius 1 is 1.18 bits per heavy atom. The third-order valence-electron chi connectivity index (χ3n) is 3.73. The number of terminal acetylenes is 1. The Balaban J connectivity index is 2.43. The van der Waals surface area contributed by atoms with Crippen LogP contribution < -0.4 is 5.56 Å². The van der Waals surface area contributed by atoms with Crippen LogP contribution in [0.1, 0.15) is 18.2 Å². The number of aromatic nitrogens is 1. The summed E-state index contributed by atoms with van der Waals surface area (Å²) in [6.45, 7) is 1.98. The molecule has 0 amide bonds. The fraction of sp³-hybridized carbons (Fsp3) is 0.105. The number of hydrogen-bond acceptors (Lipinski definition) is 1. The first-order chi connectivity index (χ1) is 10.7. The van der Waals surface area contributed by atoms with Crippen molar-refractivity contribution in [3.8, 4) is 18.0 Å². The summed E-state index contributed by atoms with van der Waals surface area (Å²) in [5, 5.41) is 1.35. The van der Waals surface area contributed by atoms with Crippen molar-refractivity contribution >= 4 is 10.8 Å². The number of pyridine rings is 1. The zero-order valence-electron chi connectivity index (χ0n) is 12.1. The third-order valence-corrected chi connectivity index (χ3v) is 3.73. The molecule has 0 saturated heterocycles. The van der Waals surface area contributed by atoms with E-state index in [0.717, 1.165) is 11.1 Å². The Labute approximate surface area is 127 Å². The number of hydrogen-bond donors (Lipinski definition) is 0. The van der Waals surface area contributed by atoms with Crippen LogP contribution in [-0.2, 0) is 6.42 Å². The van der Waals surface area contributed by atoms with Crippen molar-refractivity contribution in [1.29, 1.82) is 0 Å². The van der Waals surface area contributed by atoms with Gasteiger partial charge in [0.25, 0.3) is 5.56 Å². The molecule has 3 aromatic rings. The molecule has 0 spiro atoms. The molecule has 2 nitrogen and oxygen atoms in total. The van der Waals surface area contributed by atoms with Gasteiger partial charge in [-0.2, -0.15) is 0 Å². The summed E-state index contributed by atoms with van der Waals surface area (Å²) in [4.78, 5) is 12.9. The second kappa shape index (κ2) is 5.50. The van der Waals surface area contributed by atoms with Crippen molar-refractivity contribution in [2.75, 3.05) is 0 Å². The van der Waals surface area contributed by atoms with E-state index in [1.165, 1.54) is 12.1 Å². The van der Waals surface area contributed by atoms with Crippen LogP contribution in [0, 0.1) is 18.2 Å². The molecule has 1 heterocycles. The molecule has 0 radical (unpaired) electrons. The lowest BCUT2D eigenvalue weighted by Crippen LogP contribution is -2.22. The summed E-state index contributed by atoms with van der Waals surface area (Å²) in [5.74, 6) is 2.23. The molecule has 0 aliphatic heterocycles. The standard InChI is InChI=1S/C19H14FNO/c1-3-13-6-5-7-14-12-16(4-2)21(19(22)18(13)14)17-10-8-15(20)9-11-17/h1,5-12H,4H2,2H3. The van der Waals surface area contributed by atoms with Gasteiger partial charge < -0.3 is 0 Å². The topological polar surface area (TPSA) is 22.0 Å². The number of benzene rings is 2. The molecule has 0 fully saturated rings. The third kappa shape index (κ3) is 2.19. The highest BCUT2D eigenvalue weighted by Crippen LogP contribution is 2.19. The average molecular weight is 291 g/mol. The fourth-order valence-electron chi connectivity index (χ4n) is 2.67. The summed E-state index contributed by atoms with van der Waals surface area (Å²) in [6, 6.07) is 13.3. The van der Waals surface area contributed by atoms with Crippen LogP contribution in [0.4, 0.5) is 4.39 Å². The maximum absolute atomic E-state index is 13.1. The van der Waals surface area contributed by atoms with Gasteiger partial charge in [0.05, 0.1) is 5.39 Å². The van der Waals surface area contributed by atoms with Gasteiger partial charge in [-0.15, -0.1) is 6.42 Å². The molecular formula is C19H14FNO. The van der Waals surface area contributed by atoms with E-state index in [1.54, 1.807) is 22.8 Å². The molecule has 0 unspecified atom stereocenters. The Kier molecular flexibility index (Phi) is 3.52. The van der Waals surface area contributed by atoms with Gasteiger partial charge in [0, 0.05) is 16.9 Å². The maximum Gasteiger partial charge on any atom is 0.264 e. The second-order valence-corrected chi connectivity index (χ2v) is 5.02. The number of nitrogens with zero attached hydrogens (tertiary/aromatic N) is 1. The molecule has 0 bridgehead atoms. The highest BCUT2D eigenvalue weighted by atomic mass is 19.1. The van der Waals surface area contributed by atoms with Crippen molar-refractivity contribution in [3.63, 3.8) is 0 Å². The Morgan fingerprint density at radius 3 is 2.55 bits per heavy atom. The van der Waals surface area contributed by atoms with Crippen molar-refractivity contribution in [2.24, 2.45) is 0 Å². The van der Waals surface area contributed by atoms with Crippen molar-refractivity contribution in [3.05, 3.63) is 76.0 Å². The zero-order valence-corrected chi connectivity index (χ0v) is 12.1. The molecule has 0 aliphatic carbocycles. The van der Waals surface area contributed by atoms with Crippen LogP contribution in [0.25, 0.3) is 16.5 Å². The fourth-order valence-corrected chi connectivity index (χ4v) is 2.67. The molecule has 22 heavy (non-hydrogen) atoms. The van der Waals surface area contributed by atoms with Crippen molar-refractivity contribution in [2.45, 2.75) is 13.3 Å². The summed E-state index contributed by atoms with van der Waals surface area (Å²) in [7, 11) is 0. The molecule has 0 aliphatic rings. The van der Waals surface area contributed by atoms with Crippen LogP contribution in [0.2, 0.25) is 0 Å². The van der Waals surface area contributed by atoms with Crippen LogP contribution in [0.15, 0.2) is 53.3 Å². The molecule has 108 valence electrons. The van der Waals surface area contributed by atoms with Gasteiger partial charge in [-0.1, -0.05) is 25.0 Å². The summed E-state index contributed by atoms with van der Waals surface area (Å²) >= 11 is 0. The van der Waals surface area contributed by atoms with E-state index in [1.807, 2.05) is 25.1 Å². The first kappa shape index (κ1) is 14.1. The van der Waals surface area contributed by atoms with Crippen molar-refractivity contribution < 1.29 is 4.39 Å². The minimum absolute atomic E-state index is 0.172. The quantitative estimate of drug-likeness (QED) is 0.660. The van der Waals surface area contributed by atoms with Gasteiger partial charge in [-0.25, -0.2) is 4.39 Å². The van der Waals surface area contributed by atoms with Crippen LogP contribution in [-0.4, -0.2) is 4.57 Å². The lowest BCUT2D eigenvalue weighted by molar-refractivity contribution is 0.627. The van der Waals surface area contributed by atoms with E-state index < -0.39 is 0 Å². The van der Waals surface area contributed by atoms with Crippen molar-refractivity contribution in [1.82, 2.24) is 4.57 Å². The zero-order chi connectivity index (χ0) is 15.7. The molecule has 1 aromatic heterocycles. The predicted octanol–water partition coefficient (Wildman–Crippen LogP) is 3.67. The molecule has 2 aromatic carbocycles. The van der Waals surface area contributed by atoms with Gasteiger partial charge >= 0.3 is 0 Å². The van der Waals surface area contributed by atoms with E-state index in [4.69, 9.17) is 6.42 Å². The first-order valence-electron chi connectivity index (χ1n) is 7.06. The SMILES string of the molecule is C#Cc1cccc2cc(CC)n(-c3ccc(F)cc3)c(=O)c12. The predicted molar refractivity (Wildman–Crippen MR) is 86.8 cm³/mol. The second-order valence-electron chi connectivity index (χ2n) is 5.02. The molecule has 3 heteroatoms. The molecule has 0 atom stereocenters. The molecule has 0 saturated carbocycles. The molecule has 3 rings (SSSR count). The van der Waals surface area contributed by atoms with Gasteiger partial charge in [0.1, 0.15) is 5.82 Å². The smallest absolute Gasteiger partial charge is 0.264 e. The Morgan fingerprint density at radius 2 is 1.91 bits per heavy atom. The van der Waals surface area contributed by atoms with Gasteiger partial charge in [0.2, 0.25) is 0 Å². The van der Waals surface area contributed by atoms with E-state index in [2.05, 4.69) is 5.92 Å². The first-order valence-corrected chi connectivity index (χ1v) is 7.06. The minimum Gasteiger partial charge on any atom is -0.281 e. The van der Waals surface area contributed by atoms with Gasteiger partial charge in [-0.3, -0.25) is 9.36 Å². The number of rotatable bonds is 2. The summed E-state index contributed by atoms with van der Waals surface area (Å²) in [5.41, 5.74) is 1.89. The number of halogens is 1. The lowest BCUT2D eigenvalue weighted by atomic mass is 10.0. The van der Waals surface area contributed by atoms with E-state index >= 15 is 0 Å². The number of aryl methyl sites for hydroxylation is 1. The minimum atomic E-state index is -0.333.